The second kappa shape index (κ2) is 27.4. The Balaban J connectivity index is 1.67. The average Bonchev–Trinajstić information content (AvgIpc) is 3.35. The Labute approximate surface area is 421 Å². The second-order valence-electron chi connectivity index (χ2n) is 21.5. The lowest BCUT2D eigenvalue weighted by molar-refractivity contribution is -0.265. The maximum atomic E-state index is 14.5. The number of hydrogen-bond donors (Lipinski definition) is 4. The van der Waals surface area contributed by atoms with Gasteiger partial charge in [0.1, 0.15) is 41.7 Å². The largest absolute Gasteiger partial charge is 0.462 e. The highest BCUT2D eigenvalue weighted by Gasteiger charge is 2.53. The zero-order valence-corrected chi connectivity index (χ0v) is 44.0. The molecule has 0 aromatic carbocycles. The van der Waals surface area contributed by atoms with Crippen molar-refractivity contribution in [2.24, 2.45) is 40.9 Å². The van der Waals surface area contributed by atoms with E-state index in [-0.39, 0.29) is 48.7 Å². The highest BCUT2D eigenvalue weighted by molar-refractivity contribution is 6.39. The molecule has 1 aliphatic carbocycles. The predicted molar refractivity (Wildman–Crippen MR) is 265 cm³/mol. The van der Waals surface area contributed by atoms with Gasteiger partial charge in [0.05, 0.1) is 25.4 Å². The Morgan fingerprint density at radius 1 is 0.887 bits per heavy atom. The highest BCUT2D eigenvalue weighted by atomic mass is 16.6. The zero-order valence-electron chi connectivity index (χ0n) is 44.0. The van der Waals surface area contributed by atoms with Gasteiger partial charge in [-0.15, -0.1) is 0 Å². The molecule has 400 valence electrons. The first-order valence-electron chi connectivity index (χ1n) is 25.9. The number of cyclic esters (lactones) is 1. The van der Waals surface area contributed by atoms with E-state index >= 15 is 0 Å². The molecule has 0 radical (unpaired) electrons. The topological polar surface area (TPSA) is 233 Å². The van der Waals surface area contributed by atoms with E-state index in [9.17, 15) is 49.2 Å². The number of piperidine rings is 1. The highest BCUT2D eigenvalue weighted by Crippen LogP contribution is 2.38. The summed E-state index contributed by atoms with van der Waals surface area (Å²) in [6.07, 6.45) is 11.8. The van der Waals surface area contributed by atoms with Crippen molar-refractivity contribution in [3.05, 3.63) is 47.6 Å². The normalized spacial score (nSPS) is 37.1. The van der Waals surface area contributed by atoms with E-state index in [2.05, 4.69) is 0 Å². The van der Waals surface area contributed by atoms with Gasteiger partial charge >= 0.3 is 11.9 Å². The Bertz CT molecular complexity index is 1950. The molecule has 2 bridgehead atoms. The number of rotatable bonds is 9. The number of aliphatic hydroxyl groups excluding tert-OH is 3. The van der Waals surface area contributed by atoms with Crippen LogP contribution in [0.25, 0.3) is 0 Å². The molecular weight excluding hydrogens is 915 g/mol. The van der Waals surface area contributed by atoms with Gasteiger partial charge in [-0.05, 0) is 120 Å². The second-order valence-corrected chi connectivity index (χ2v) is 21.5. The number of hydrogen-bond acceptors (Lipinski definition) is 15. The summed E-state index contributed by atoms with van der Waals surface area (Å²) in [5, 5.41) is 42.8. The van der Waals surface area contributed by atoms with E-state index in [1.807, 2.05) is 51.2 Å². The lowest BCUT2D eigenvalue weighted by Crippen LogP contribution is -2.61. The lowest BCUT2D eigenvalue weighted by Gasteiger charge is -2.42. The van der Waals surface area contributed by atoms with Gasteiger partial charge in [-0.2, -0.15) is 0 Å². The van der Waals surface area contributed by atoms with Crippen molar-refractivity contribution in [2.45, 2.75) is 187 Å². The van der Waals surface area contributed by atoms with E-state index in [1.54, 1.807) is 40.9 Å². The first kappa shape index (κ1) is 59.7. The van der Waals surface area contributed by atoms with Crippen molar-refractivity contribution in [1.29, 1.82) is 0 Å². The van der Waals surface area contributed by atoms with Crippen LogP contribution < -0.4 is 0 Å². The molecule has 1 amide bonds. The summed E-state index contributed by atoms with van der Waals surface area (Å²) in [4.78, 5) is 84.9. The van der Waals surface area contributed by atoms with Gasteiger partial charge in [0.25, 0.3) is 11.7 Å². The minimum atomic E-state index is -2.45. The molecule has 2 saturated heterocycles. The smallest absolute Gasteiger partial charge is 0.329 e. The first-order valence-corrected chi connectivity index (χ1v) is 25.9. The molecular formula is C55H85NO15. The van der Waals surface area contributed by atoms with Crippen LogP contribution in [-0.2, 0) is 52.5 Å². The molecule has 4 N–H and O–H groups in total. The third-order valence-corrected chi connectivity index (χ3v) is 15.6. The monoisotopic (exact) mass is 1000 g/mol. The van der Waals surface area contributed by atoms with Crippen molar-refractivity contribution in [2.75, 3.05) is 34.0 Å². The van der Waals surface area contributed by atoms with Crippen molar-refractivity contribution >= 4 is 35.2 Å². The fourth-order valence-corrected chi connectivity index (χ4v) is 10.4. The molecule has 0 spiro atoms. The number of esters is 2. The van der Waals surface area contributed by atoms with E-state index in [0.29, 0.717) is 76.2 Å². The molecule has 0 aromatic heterocycles. The summed E-state index contributed by atoms with van der Waals surface area (Å²) in [5.74, 6) is -8.93. The molecule has 0 aromatic rings. The molecule has 1 saturated carbocycles. The van der Waals surface area contributed by atoms with Gasteiger partial charge in [0, 0.05) is 51.4 Å². The zero-order chi connectivity index (χ0) is 52.8. The first-order chi connectivity index (χ1) is 33.5. The van der Waals surface area contributed by atoms with Crippen molar-refractivity contribution in [1.82, 2.24) is 4.90 Å². The van der Waals surface area contributed by atoms with Gasteiger partial charge in [-0.25, -0.2) is 4.79 Å². The van der Waals surface area contributed by atoms with Crippen LogP contribution in [-0.4, -0.2) is 143 Å². The molecule has 3 aliphatic heterocycles. The number of carbonyl (C=O) groups is 6. The van der Waals surface area contributed by atoms with Gasteiger partial charge < -0.3 is 49.0 Å². The maximum absolute atomic E-state index is 14.5. The number of allylic oxidation sites excluding steroid dienone is 6. The molecule has 0 unspecified atom stereocenters. The average molecular weight is 1000 g/mol. The molecule has 3 heterocycles. The van der Waals surface area contributed by atoms with Crippen LogP contribution in [0.4, 0.5) is 0 Å². The van der Waals surface area contributed by atoms with Crippen LogP contribution in [0.2, 0.25) is 0 Å². The number of amides is 1. The minimum absolute atomic E-state index is 0.000990. The minimum Gasteiger partial charge on any atom is -0.462 e. The van der Waals surface area contributed by atoms with Crippen LogP contribution in [0.15, 0.2) is 47.6 Å². The fourth-order valence-electron chi connectivity index (χ4n) is 10.4. The number of ketones is 3. The Hall–Kier alpha value is -3.90. The number of Topliss-reactive ketones (excluding diaryl/α,β-unsaturated/α-hetero) is 3. The van der Waals surface area contributed by atoms with Crippen LogP contribution in [0.3, 0.4) is 0 Å². The van der Waals surface area contributed by atoms with Crippen molar-refractivity contribution < 1.29 is 72.9 Å². The van der Waals surface area contributed by atoms with Crippen LogP contribution in [0.5, 0.6) is 0 Å². The van der Waals surface area contributed by atoms with Crippen molar-refractivity contribution in [3.8, 4) is 0 Å². The Morgan fingerprint density at radius 3 is 2.20 bits per heavy atom. The molecule has 4 rings (SSSR count). The number of nitrogens with zero attached hydrogens (tertiary/aromatic N) is 1. The summed E-state index contributed by atoms with van der Waals surface area (Å²) in [6.45, 7) is 12.9. The van der Waals surface area contributed by atoms with Gasteiger partial charge in [0.15, 0.2) is 5.78 Å². The van der Waals surface area contributed by atoms with Crippen LogP contribution >= 0.6 is 0 Å². The summed E-state index contributed by atoms with van der Waals surface area (Å²) in [5.41, 5.74) is -0.187. The third-order valence-electron chi connectivity index (χ3n) is 15.6. The number of fused-ring (bicyclic) bond motifs is 3. The van der Waals surface area contributed by atoms with E-state index in [1.165, 1.54) is 18.9 Å². The van der Waals surface area contributed by atoms with Gasteiger partial charge in [-0.1, -0.05) is 71.1 Å². The number of carbonyl (C=O) groups excluding carboxylic acids is 6. The van der Waals surface area contributed by atoms with Crippen LogP contribution in [0, 0.1) is 40.9 Å². The molecule has 16 heteroatoms. The Morgan fingerprint density at radius 2 is 1.56 bits per heavy atom. The standard InChI is InChI=1S/C55H85NO15/c1-33-16-12-11-13-17-34(2)45(67-9)29-42-22-19-39(7)55(66,71-42)50(62)51(63)56-25-15-14-18-43(56)52(64)70-46(30-44(59)35(3)27-38(6)48(61)49(68-10)47(60)37(5)26-33)36(4)28-40-20-23-41(24-21-40)69-53(65)54(8,31-57)32-58/h11-13,16-17,27,33,35-37,39-43,45-46,48-49,57-58,61,66H,14-15,18-26,28-32H2,1-10H3/b13-11+,16-12+,34-17+,38-27+/t33-,35-,36-,37-,39-,40?,41?,42+,43+,45+,46+,48-,49+,55-/m1/s1. The van der Waals surface area contributed by atoms with Crippen molar-refractivity contribution in [3.63, 3.8) is 0 Å². The molecule has 16 nitrogen and oxygen atoms in total. The maximum Gasteiger partial charge on any atom is 0.329 e. The summed E-state index contributed by atoms with van der Waals surface area (Å²) in [7, 11) is 2.93. The van der Waals surface area contributed by atoms with Crippen LogP contribution in [0.1, 0.15) is 139 Å². The number of methoxy groups -OCH3 is 2. The van der Waals surface area contributed by atoms with E-state index in [4.69, 9.17) is 23.7 Å². The quantitative estimate of drug-likeness (QED) is 0.116. The molecule has 71 heavy (non-hydrogen) atoms. The van der Waals surface area contributed by atoms with Gasteiger partial charge in [0.2, 0.25) is 5.79 Å². The Kier molecular flexibility index (Phi) is 23.0. The van der Waals surface area contributed by atoms with Gasteiger partial charge in [-0.3, -0.25) is 24.0 Å². The lowest BCUT2D eigenvalue weighted by atomic mass is 9.79. The summed E-state index contributed by atoms with van der Waals surface area (Å²) in [6, 6.07) is -1.18. The third kappa shape index (κ3) is 15.8. The molecule has 12 atom stereocenters. The van der Waals surface area contributed by atoms with E-state index < -0.39 is 108 Å². The molecule has 4 aliphatic rings. The number of ether oxygens (including phenoxy) is 5. The van der Waals surface area contributed by atoms with E-state index in [0.717, 1.165) is 5.57 Å². The molecule has 3 fully saturated rings. The summed E-state index contributed by atoms with van der Waals surface area (Å²) < 4.78 is 29.5. The SMILES string of the molecule is CO[C@H]1C[C@@H]2CC[C@@H](C)[C@@](O)(O2)C(=O)C(=O)N2CCCC[C@H]2C(=O)O[C@H]([C@H](C)CC2CCC(OC(=O)C(C)(CO)CO)CC2)CC(=O)[C@H](C)/C=C(\C)[C@@H](O)[C@@H](OC)C(=O)[C@H](C)C[C@H](C)/C=C/C=C/C=C/1C. The fraction of sp³-hybridized carbons (Fsp3) is 0.745. The summed E-state index contributed by atoms with van der Waals surface area (Å²) >= 11 is 0. The number of aliphatic hydroxyl groups is 4. The predicted octanol–water partition coefficient (Wildman–Crippen LogP) is 6.10.